The number of amides is 1. The molecule has 6 heteroatoms. The van der Waals surface area contributed by atoms with Gasteiger partial charge in [-0.1, -0.05) is 39.1 Å². The number of anilines is 2. The zero-order valence-electron chi connectivity index (χ0n) is 10.5. The van der Waals surface area contributed by atoms with Crippen molar-refractivity contribution in [3.63, 3.8) is 0 Å². The van der Waals surface area contributed by atoms with Crippen LogP contribution in [-0.4, -0.2) is 5.91 Å². The first kappa shape index (κ1) is 15.2. The number of rotatable bonds is 2. The van der Waals surface area contributed by atoms with Crippen molar-refractivity contribution in [3.05, 3.63) is 56.0 Å². The SMILES string of the molecule is Cc1cc(C(=O)Nc2c(Cl)cc(Br)cc2Cl)ccc1N. The number of nitrogens with two attached hydrogens (primary N) is 1. The molecule has 2 rings (SSSR count). The first-order chi connectivity index (χ1) is 9.38. The molecule has 3 nitrogen and oxygen atoms in total. The zero-order chi connectivity index (χ0) is 14.9. The Balaban J connectivity index is 2.30. The van der Waals surface area contributed by atoms with Crippen LogP contribution in [0.15, 0.2) is 34.8 Å². The highest BCUT2D eigenvalue weighted by Gasteiger charge is 2.13. The average Bonchev–Trinajstić information content (AvgIpc) is 2.36. The average molecular weight is 374 g/mol. The lowest BCUT2D eigenvalue weighted by Gasteiger charge is -2.11. The molecule has 0 aromatic heterocycles. The van der Waals surface area contributed by atoms with Gasteiger partial charge in [-0.3, -0.25) is 4.79 Å². The lowest BCUT2D eigenvalue weighted by Crippen LogP contribution is -2.13. The van der Waals surface area contributed by atoms with Crippen LogP contribution in [0.3, 0.4) is 0 Å². The fourth-order valence-corrected chi connectivity index (χ4v) is 2.97. The van der Waals surface area contributed by atoms with E-state index in [9.17, 15) is 4.79 Å². The first-order valence-electron chi connectivity index (χ1n) is 5.70. The fraction of sp³-hybridized carbons (Fsp3) is 0.0714. The summed E-state index contributed by atoms with van der Waals surface area (Å²) in [6.07, 6.45) is 0. The minimum Gasteiger partial charge on any atom is -0.399 e. The number of hydrogen-bond acceptors (Lipinski definition) is 2. The Kier molecular flexibility index (Phi) is 4.58. The van der Waals surface area contributed by atoms with Gasteiger partial charge >= 0.3 is 0 Å². The van der Waals surface area contributed by atoms with Crippen LogP contribution in [0, 0.1) is 6.92 Å². The van der Waals surface area contributed by atoms with E-state index in [2.05, 4.69) is 21.2 Å². The zero-order valence-corrected chi connectivity index (χ0v) is 13.6. The van der Waals surface area contributed by atoms with Crippen molar-refractivity contribution in [2.24, 2.45) is 0 Å². The van der Waals surface area contributed by atoms with Crippen molar-refractivity contribution in [1.82, 2.24) is 0 Å². The van der Waals surface area contributed by atoms with E-state index in [0.717, 1.165) is 10.0 Å². The molecule has 0 spiro atoms. The van der Waals surface area contributed by atoms with Gasteiger partial charge in [0.25, 0.3) is 5.91 Å². The summed E-state index contributed by atoms with van der Waals surface area (Å²) in [7, 11) is 0. The van der Waals surface area contributed by atoms with Crippen LogP contribution < -0.4 is 11.1 Å². The monoisotopic (exact) mass is 372 g/mol. The van der Waals surface area contributed by atoms with Gasteiger partial charge in [0.2, 0.25) is 0 Å². The van der Waals surface area contributed by atoms with Crippen LogP contribution >= 0.6 is 39.1 Å². The van der Waals surface area contributed by atoms with E-state index in [0.29, 0.717) is 27.0 Å². The Labute approximate surface area is 135 Å². The summed E-state index contributed by atoms with van der Waals surface area (Å²) in [5.41, 5.74) is 8.08. The second-order valence-electron chi connectivity index (χ2n) is 4.27. The normalized spacial score (nSPS) is 10.4. The van der Waals surface area contributed by atoms with Crippen LogP contribution in [-0.2, 0) is 0 Å². The molecular formula is C14H11BrCl2N2O. The quantitative estimate of drug-likeness (QED) is 0.735. The second-order valence-corrected chi connectivity index (χ2v) is 6.00. The molecule has 0 aliphatic carbocycles. The summed E-state index contributed by atoms with van der Waals surface area (Å²) >= 11 is 15.4. The van der Waals surface area contributed by atoms with E-state index in [1.165, 1.54) is 0 Å². The van der Waals surface area contributed by atoms with Gasteiger partial charge < -0.3 is 11.1 Å². The van der Waals surface area contributed by atoms with Crippen molar-refractivity contribution in [2.45, 2.75) is 6.92 Å². The van der Waals surface area contributed by atoms with Crippen LogP contribution in [0.4, 0.5) is 11.4 Å². The standard InChI is InChI=1S/C14H11BrCl2N2O/c1-7-4-8(2-3-12(7)18)14(20)19-13-10(16)5-9(15)6-11(13)17/h2-6H,18H2,1H3,(H,19,20). The Bertz CT molecular complexity index is 666. The Morgan fingerprint density at radius 2 is 1.80 bits per heavy atom. The maximum atomic E-state index is 12.2. The fourth-order valence-electron chi connectivity index (χ4n) is 1.66. The van der Waals surface area contributed by atoms with E-state index >= 15 is 0 Å². The molecule has 0 aliphatic heterocycles. The lowest BCUT2D eigenvalue weighted by molar-refractivity contribution is 0.102. The lowest BCUT2D eigenvalue weighted by atomic mass is 10.1. The smallest absolute Gasteiger partial charge is 0.255 e. The number of aryl methyl sites for hydroxylation is 1. The highest BCUT2D eigenvalue weighted by Crippen LogP contribution is 2.34. The molecule has 0 aliphatic rings. The number of nitrogens with one attached hydrogen (secondary N) is 1. The molecule has 0 atom stereocenters. The van der Waals surface area contributed by atoms with E-state index < -0.39 is 0 Å². The van der Waals surface area contributed by atoms with Crippen LogP contribution in [0.25, 0.3) is 0 Å². The van der Waals surface area contributed by atoms with Gasteiger partial charge in [0.05, 0.1) is 15.7 Å². The van der Waals surface area contributed by atoms with Crippen molar-refractivity contribution < 1.29 is 4.79 Å². The van der Waals surface area contributed by atoms with Crippen molar-refractivity contribution in [1.29, 1.82) is 0 Å². The predicted molar refractivity (Wildman–Crippen MR) is 87.7 cm³/mol. The molecule has 0 bridgehead atoms. The minimum atomic E-state index is -0.292. The number of nitrogen functional groups attached to an aromatic ring is 1. The topological polar surface area (TPSA) is 55.1 Å². The summed E-state index contributed by atoms with van der Waals surface area (Å²) in [6, 6.07) is 8.38. The molecule has 2 aromatic rings. The molecule has 0 saturated carbocycles. The maximum Gasteiger partial charge on any atom is 0.255 e. The summed E-state index contributed by atoms with van der Waals surface area (Å²) in [5, 5.41) is 3.44. The second kappa shape index (κ2) is 6.04. The Hall–Kier alpha value is -1.23. The van der Waals surface area contributed by atoms with Gasteiger partial charge in [-0.05, 0) is 42.8 Å². The van der Waals surface area contributed by atoms with Crippen LogP contribution in [0.5, 0.6) is 0 Å². The molecule has 1 amide bonds. The van der Waals surface area contributed by atoms with E-state index in [1.807, 2.05) is 6.92 Å². The highest BCUT2D eigenvalue weighted by atomic mass is 79.9. The van der Waals surface area contributed by atoms with E-state index in [-0.39, 0.29) is 5.91 Å². The van der Waals surface area contributed by atoms with Crippen LogP contribution in [0.1, 0.15) is 15.9 Å². The summed E-state index contributed by atoms with van der Waals surface area (Å²) in [4.78, 5) is 12.2. The molecule has 0 saturated heterocycles. The molecule has 104 valence electrons. The molecule has 3 N–H and O–H groups in total. The molecule has 0 heterocycles. The van der Waals surface area contributed by atoms with Gasteiger partial charge in [0.1, 0.15) is 0 Å². The highest BCUT2D eigenvalue weighted by molar-refractivity contribution is 9.10. The third-order valence-electron chi connectivity index (χ3n) is 2.78. The number of halogens is 3. The third-order valence-corrected chi connectivity index (χ3v) is 3.83. The number of carbonyl (C=O) groups excluding carboxylic acids is 1. The largest absolute Gasteiger partial charge is 0.399 e. The van der Waals surface area contributed by atoms with Crippen LogP contribution in [0.2, 0.25) is 10.0 Å². The van der Waals surface area contributed by atoms with Gasteiger partial charge in [0.15, 0.2) is 0 Å². The van der Waals surface area contributed by atoms with Gasteiger partial charge in [0, 0.05) is 15.7 Å². The maximum absolute atomic E-state index is 12.2. The minimum absolute atomic E-state index is 0.292. The third kappa shape index (κ3) is 3.26. The summed E-state index contributed by atoms with van der Waals surface area (Å²) in [6.45, 7) is 1.84. The molecular weight excluding hydrogens is 363 g/mol. The van der Waals surface area contributed by atoms with Gasteiger partial charge in [-0.2, -0.15) is 0 Å². The molecule has 0 radical (unpaired) electrons. The Morgan fingerprint density at radius 3 is 2.35 bits per heavy atom. The molecule has 2 aromatic carbocycles. The first-order valence-corrected chi connectivity index (χ1v) is 7.25. The van der Waals surface area contributed by atoms with Gasteiger partial charge in [-0.25, -0.2) is 0 Å². The predicted octanol–water partition coefficient (Wildman–Crippen LogP) is 4.90. The Morgan fingerprint density at radius 1 is 1.20 bits per heavy atom. The summed E-state index contributed by atoms with van der Waals surface area (Å²) < 4.78 is 0.744. The van der Waals surface area contributed by atoms with Crippen molar-refractivity contribution in [3.8, 4) is 0 Å². The molecule has 20 heavy (non-hydrogen) atoms. The molecule has 0 fully saturated rings. The van der Waals surface area contributed by atoms with Crippen molar-refractivity contribution >= 4 is 56.4 Å². The number of benzene rings is 2. The van der Waals surface area contributed by atoms with E-state index in [4.69, 9.17) is 28.9 Å². The van der Waals surface area contributed by atoms with Gasteiger partial charge in [-0.15, -0.1) is 0 Å². The number of hydrogen-bond donors (Lipinski definition) is 2. The van der Waals surface area contributed by atoms with E-state index in [1.54, 1.807) is 30.3 Å². The molecule has 0 unspecified atom stereocenters. The number of carbonyl (C=O) groups is 1. The summed E-state index contributed by atoms with van der Waals surface area (Å²) in [5.74, 6) is -0.292. The van der Waals surface area contributed by atoms with Crippen molar-refractivity contribution in [2.75, 3.05) is 11.1 Å².